The van der Waals surface area contributed by atoms with Gasteiger partial charge in [-0.1, -0.05) is 206 Å². The number of aliphatic imine (C=N–C) groups is 1. The SMILES string of the molecule is c1ccc(-c2nc(-c3cccc(-c4ccc(C5=Nc6c(c7ccccc7c7ccccc67)C5c5ccccc5)cc4)c3)nc3c4ccccc4c(-c4ccccc4)n23)cc1. The molecule has 0 amide bonds. The first-order valence-corrected chi connectivity index (χ1v) is 20.5. The summed E-state index contributed by atoms with van der Waals surface area (Å²) >= 11 is 0. The Labute approximate surface area is 347 Å². The average Bonchev–Trinajstić information content (AvgIpc) is 3.90. The zero-order valence-corrected chi connectivity index (χ0v) is 32.6. The number of benzene rings is 9. The Morgan fingerprint density at radius 3 is 1.62 bits per heavy atom. The number of hydrogen-bond donors (Lipinski definition) is 0. The zero-order chi connectivity index (χ0) is 39.6. The van der Waals surface area contributed by atoms with Crippen LogP contribution in [0.3, 0.4) is 0 Å². The van der Waals surface area contributed by atoms with Crippen molar-refractivity contribution in [2.24, 2.45) is 4.99 Å². The molecular formula is C56H36N4. The van der Waals surface area contributed by atoms with Gasteiger partial charge in [0.25, 0.3) is 0 Å². The smallest absolute Gasteiger partial charge is 0.163 e. The molecule has 4 nitrogen and oxygen atoms in total. The van der Waals surface area contributed by atoms with Crippen molar-refractivity contribution in [3.63, 3.8) is 0 Å². The summed E-state index contributed by atoms with van der Waals surface area (Å²) in [5.41, 5.74) is 13.1. The molecule has 60 heavy (non-hydrogen) atoms. The molecule has 1 aliphatic heterocycles. The van der Waals surface area contributed by atoms with Crippen molar-refractivity contribution in [2.45, 2.75) is 5.92 Å². The molecule has 280 valence electrons. The Balaban J connectivity index is 0.977. The first-order chi connectivity index (χ1) is 29.8. The second-order valence-electron chi connectivity index (χ2n) is 15.5. The van der Waals surface area contributed by atoms with Crippen LogP contribution in [0, 0.1) is 0 Å². The molecule has 1 atom stereocenters. The normalized spacial score (nSPS) is 13.6. The van der Waals surface area contributed by atoms with E-state index in [0.29, 0.717) is 5.82 Å². The van der Waals surface area contributed by atoms with Gasteiger partial charge in [0.1, 0.15) is 11.5 Å². The minimum Gasteiger partial charge on any atom is -0.277 e. The third kappa shape index (κ3) is 5.42. The second kappa shape index (κ2) is 13.9. The predicted octanol–water partition coefficient (Wildman–Crippen LogP) is 14.1. The topological polar surface area (TPSA) is 42.5 Å². The minimum absolute atomic E-state index is 0.00306. The summed E-state index contributed by atoms with van der Waals surface area (Å²) in [5, 5.41) is 7.19. The molecule has 0 fully saturated rings. The molecule has 9 aromatic carbocycles. The second-order valence-corrected chi connectivity index (χ2v) is 15.5. The average molecular weight is 765 g/mol. The Morgan fingerprint density at radius 2 is 0.900 bits per heavy atom. The lowest BCUT2D eigenvalue weighted by atomic mass is 9.82. The molecule has 0 saturated heterocycles. The van der Waals surface area contributed by atoms with Crippen LogP contribution in [0.15, 0.2) is 217 Å². The van der Waals surface area contributed by atoms with Crippen molar-refractivity contribution in [2.75, 3.05) is 0 Å². The molecule has 0 aliphatic carbocycles. The van der Waals surface area contributed by atoms with Gasteiger partial charge in [-0.2, -0.15) is 0 Å². The van der Waals surface area contributed by atoms with Crippen LogP contribution in [0.2, 0.25) is 0 Å². The number of aromatic nitrogens is 3. The molecule has 2 aromatic heterocycles. The molecule has 0 spiro atoms. The summed E-state index contributed by atoms with van der Waals surface area (Å²) in [6.45, 7) is 0. The Kier molecular flexibility index (Phi) is 7.88. The van der Waals surface area contributed by atoms with E-state index in [1.165, 1.54) is 32.7 Å². The van der Waals surface area contributed by atoms with Crippen LogP contribution in [-0.4, -0.2) is 20.1 Å². The van der Waals surface area contributed by atoms with Gasteiger partial charge >= 0.3 is 0 Å². The molecule has 1 aliphatic rings. The maximum Gasteiger partial charge on any atom is 0.163 e. The third-order valence-corrected chi connectivity index (χ3v) is 12.1. The van der Waals surface area contributed by atoms with Gasteiger partial charge in [0, 0.05) is 27.3 Å². The van der Waals surface area contributed by atoms with E-state index in [9.17, 15) is 0 Å². The summed E-state index contributed by atoms with van der Waals surface area (Å²) in [5.74, 6) is 1.54. The van der Waals surface area contributed by atoms with E-state index in [1.807, 2.05) is 6.07 Å². The number of hydrogen-bond acceptors (Lipinski definition) is 3. The molecule has 12 rings (SSSR count). The van der Waals surface area contributed by atoms with Crippen molar-refractivity contribution < 1.29 is 0 Å². The molecule has 11 aromatic rings. The van der Waals surface area contributed by atoms with E-state index in [2.05, 4.69) is 211 Å². The monoisotopic (exact) mass is 764 g/mol. The molecule has 1 unspecified atom stereocenters. The van der Waals surface area contributed by atoms with Crippen molar-refractivity contribution >= 4 is 49.4 Å². The van der Waals surface area contributed by atoms with Gasteiger partial charge < -0.3 is 0 Å². The fraction of sp³-hybridized carbons (Fsp3) is 0.0179. The first kappa shape index (κ1) is 34.1. The quantitative estimate of drug-likeness (QED) is 0.158. The van der Waals surface area contributed by atoms with E-state index >= 15 is 0 Å². The lowest BCUT2D eigenvalue weighted by Crippen LogP contribution is -2.12. The highest BCUT2D eigenvalue weighted by Gasteiger charge is 2.33. The van der Waals surface area contributed by atoms with Crippen LogP contribution in [0.25, 0.3) is 83.1 Å². The fourth-order valence-electron chi connectivity index (χ4n) is 9.37. The molecular weight excluding hydrogens is 729 g/mol. The summed E-state index contributed by atoms with van der Waals surface area (Å²) in [6.07, 6.45) is 0. The van der Waals surface area contributed by atoms with Crippen LogP contribution < -0.4 is 0 Å². The van der Waals surface area contributed by atoms with E-state index in [4.69, 9.17) is 15.0 Å². The van der Waals surface area contributed by atoms with Crippen molar-refractivity contribution in [3.05, 3.63) is 229 Å². The van der Waals surface area contributed by atoms with Gasteiger partial charge in [-0.25, -0.2) is 9.97 Å². The van der Waals surface area contributed by atoms with Crippen LogP contribution in [0.1, 0.15) is 22.6 Å². The third-order valence-electron chi connectivity index (χ3n) is 12.1. The minimum atomic E-state index is 0.00306. The number of fused-ring (bicyclic) bond motifs is 9. The molecule has 0 radical (unpaired) electrons. The van der Waals surface area contributed by atoms with Crippen LogP contribution in [0.4, 0.5) is 5.69 Å². The van der Waals surface area contributed by atoms with Crippen LogP contribution >= 0.6 is 0 Å². The molecule has 4 heteroatoms. The van der Waals surface area contributed by atoms with Gasteiger partial charge in [0.15, 0.2) is 5.82 Å². The maximum absolute atomic E-state index is 5.51. The Bertz CT molecular complexity index is 3460. The van der Waals surface area contributed by atoms with E-state index in [1.54, 1.807) is 0 Å². The molecule has 0 bridgehead atoms. The Hall–Kier alpha value is -7.95. The van der Waals surface area contributed by atoms with Crippen molar-refractivity contribution in [3.8, 4) is 45.2 Å². The van der Waals surface area contributed by atoms with Crippen molar-refractivity contribution in [1.29, 1.82) is 0 Å². The number of rotatable bonds is 6. The summed E-state index contributed by atoms with van der Waals surface area (Å²) < 4.78 is 2.24. The van der Waals surface area contributed by atoms with Crippen LogP contribution in [0.5, 0.6) is 0 Å². The lowest BCUT2D eigenvalue weighted by Gasteiger charge is -2.19. The van der Waals surface area contributed by atoms with Crippen LogP contribution in [-0.2, 0) is 0 Å². The zero-order valence-electron chi connectivity index (χ0n) is 32.6. The first-order valence-electron chi connectivity index (χ1n) is 20.5. The van der Waals surface area contributed by atoms with Crippen molar-refractivity contribution in [1.82, 2.24) is 14.4 Å². The van der Waals surface area contributed by atoms with E-state index in [0.717, 1.165) is 72.7 Å². The van der Waals surface area contributed by atoms with Gasteiger partial charge in [0.05, 0.1) is 23.0 Å². The highest BCUT2D eigenvalue weighted by atomic mass is 15.1. The lowest BCUT2D eigenvalue weighted by molar-refractivity contribution is 1.05. The van der Waals surface area contributed by atoms with E-state index < -0.39 is 0 Å². The highest BCUT2D eigenvalue weighted by Crippen LogP contribution is 2.50. The van der Waals surface area contributed by atoms with Gasteiger partial charge in [-0.3, -0.25) is 9.39 Å². The summed E-state index contributed by atoms with van der Waals surface area (Å²) in [4.78, 5) is 16.2. The Morgan fingerprint density at radius 1 is 0.367 bits per heavy atom. The molecule has 0 N–H and O–H groups in total. The van der Waals surface area contributed by atoms with E-state index in [-0.39, 0.29) is 5.92 Å². The summed E-state index contributed by atoms with van der Waals surface area (Å²) in [6, 6.07) is 75.4. The maximum atomic E-state index is 5.51. The largest absolute Gasteiger partial charge is 0.277 e. The van der Waals surface area contributed by atoms with Gasteiger partial charge in [-0.05, 0) is 55.6 Å². The van der Waals surface area contributed by atoms with Gasteiger partial charge in [0.2, 0.25) is 0 Å². The fourth-order valence-corrected chi connectivity index (χ4v) is 9.37. The number of nitrogens with zero attached hydrogens (tertiary/aromatic N) is 4. The standard InChI is InChI=1S/C56H36N4/c1-4-17-37(18-5-1)49-50-45-27-12-10-25-43(45)44-26-11-13-28-46(44)52(50)57-51(49)38-33-31-36(32-34-38)41-23-16-24-42(35-41)54-58-55(40-21-8-3-9-22-40)60-53(39-19-6-2-7-20-39)47-29-14-15-30-48(47)56(60)59-54/h1-35,49H. The summed E-state index contributed by atoms with van der Waals surface area (Å²) in [7, 11) is 0. The molecule has 3 heterocycles. The predicted molar refractivity (Wildman–Crippen MR) is 248 cm³/mol. The van der Waals surface area contributed by atoms with Gasteiger partial charge in [-0.15, -0.1) is 0 Å². The highest BCUT2D eigenvalue weighted by molar-refractivity contribution is 6.23. The molecule has 0 saturated carbocycles.